The summed E-state index contributed by atoms with van der Waals surface area (Å²) in [7, 11) is 0. The lowest BCUT2D eigenvalue weighted by molar-refractivity contribution is 0.0952. The molecule has 3 aromatic heterocycles. The second-order valence-corrected chi connectivity index (χ2v) is 6.99. The summed E-state index contributed by atoms with van der Waals surface area (Å²) in [5.41, 5.74) is 0.902. The molecule has 0 spiro atoms. The Morgan fingerprint density at radius 2 is 2.21 bits per heavy atom. The standard InChI is InChI=1S/C17H20N4O2S/c1-10(2)7-19-16(22)14-11(3)13-15(20-9-21-17(13)24-14)18-8-12-5-4-6-23-12/h4-6,9-10H,7-8H2,1-3H3,(H,19,22)(H,18,20,21). The van der Waals surface area contributed by atoms with Crippen molar-refractivity contribution in [1.29, 1.82) is 0 Å². The van der Waals surface area contributed by atoms with Crippen LogP contribution in [0.25, 0.3) is 10.2 Å². The van der Waals surface area contributed by atoms with Crippen LogP contribution >= 0.6 is 11.3 Å². The van der Waals surface area contributed by atoms with E-state index < -0.39 is 0 Å². The zero-order valence-electron chi connectivity index (χ0n) is 13.9. The van der Waals surface area contributed by atoms with Gasteiger partial charge in [0.15, 0.2) is 0 Å². The highest BCUT2D eigenvalue weighted by Gasteiger charge is 2.19. The summed E-state index contributed by atoms with van der Waals surface area (Å²) >= 11 is 1.39. The Balaban J connectivity index is 1.87. The van der Waals surface area contributed by atoms with Gasteiger partial charge in [0.05, 0.1) is 23.1 Å². The number of anilines is 1. The van der Waals surface area contributed by atoms with E-state index in [0.29, 0.717) is 29.7 Å². The van der Waals surface area contributed by atoms with Crippen LogP contribution in [0.3, 0.4) is 0 Å². The SMILES string of the molecule is Cc1c(C(=O)NCC(C)C)sc2ncnc(NCc3ccco3)c12. The second kappa shape index (κ2) is 7.00. The smallest absolute Gasteiger partial charge is 0.261 e. The van der Waals surface area contributed by atoms with Gasteiger partial charge < -0.3 is 15.1 Å². The number of rotatable bonds is 6. The Morgan fingerprint density at radius 3 is 2.92 bits per heavy atom. The maximum Gasteiger partial charge on any atom is 0.261 e. The van der Waals surface area contributed by atoms with Crippen molar-refractivity contribution >= 4 is 33.3 Å². The molecule has 24 heavy (non-hydrogen) atoms. The number of aromatic nitrogens is 2. The predicted molar refractivity (Wildman–Crippen MR) is 95.4 cm³/mol. The fourth-order valence-electron chi connectivity index (χ4n) is 2.38. The van der Waals surface area contributed by atoms with Gasteiger partial charge in [0, 0.05) is 6.54 Å². The van der Waals surface area contributed by atoms with Crippen LogP contribution in [0.5, 0.6) is 0 Å². The molecule has 3 aromatic rings. The minimum Gasteiger partial charge on any atom is -0.467 e. The maximum atomic E-state index is 12.4. The first kappa shape index (κ1) is 16.4. The normalized spacial score (nSPS) is 11.2. The van der Waals surface area contributed by atoms with Crippen molar-refractivity contribution in [1.82, 2.24) is 15.3 Å². The molecule has 1 amide bonds. The highest BCUT2D eigenvalue weighted by molar-refractivity contribution is 7.20. The number of carbonyl (C=O) groups is 1. The Hall–Kier alpha value is -2.41. The molecule has 7 heteroatoms. The van der Waals surface area contributed by atoms with Crippen molar-refractivity contribution in [2.75, 3.05) is 11.9 Å². The van der Waals surface area contributed by atoms with Crippen molar-refractivity contribution in [3.05, 3.63) is 40.9 Å². The summed E-state index contributed by atoms with van der Waals surface area (Å²) in [6, 6.07) is 3.75. The number of fused-ring (bicyclic) bond motifs is 1. The summed E-state index contributed by atoms with van der Waals surface area (Å²) in [6.45, 7) is 7.26. The molecule has 0 fully saturated rings. The van der Waals surface area contributed by atoms with Crippen LogP contribution < -0.4 is 10.6 Å². The molecule has 3 rings (SSSR count). The number of hydrogen-bond donors (Lipinski definition) is 2. The van der Waals surface area contributed by atoms with Gasteiger partial charge in [0.25, 0.3) is 5.91 Å². The van der Waals surface area contributed by atoms with E-state index in [0.717, 1.165) is 21.5 Å². The van der Waals surface area contributed by atoms with Crippen LogP contribution in [0.15, 0.2) is 29.1 Å². The predicted octanol–water partition coefficient (Wildman–Crippen LogP) is 3.59. The average Bonchev–Trinajstić information content (AvgIpc) is 3.19. The number of nitrogens with zero attached hydrogens (tertiary/aromatic N) is 2. The van der Waals surface area contributed by atoms with Crippen LogP contribution in [-0.4, -0.2) is 22.4 Å². The van der Waals surface area contributed by atoms with Gasteiger partial charge in [-0.25, -0.2) is 9.97 Å². The number of nitrogens with one attached hydrogen (secondary N) is 2. The molecule has 0 atom stereocenters. The fourth-order valence-corrected chi connectivity index (χ4v) is 3.45. The van der Waals surface area contributed by atoms with Gasteiger partial charge in [-0.3, -0.25) is 4.79 Å². The third kappa shape index (κ3) is 3.41. The molecule has 0 bridgehead atoms. The third-order valence-electron chi connectivity index (χ3n) is 3.61. The molecule has 0 radical (unpaired) electrons. The molecule has 2 N–H and O–H groups in total. The zero-order valence-corrected chi connectivity index (χ0v) is 14.7. The minimum absolute atomic E-state index is 0.0545. The molecule has 0 aliphatic carbocycles. The molecular weight excluding hydrogens is 324 g/mol. The summed E-state index contributed by atoms with van der Waals surface area (Å²) in [5.74, 6) is 1.90. The number of carbonyl (C=O) groups excluding carboxylic acids is 1. The molecule has 6 nitrogen and oxygen atoms in total. The van der Waals surface area contributed by atoms with E-state index in [1.807, 2.05) is 19.1 Å². The highest BCUT2D eigenvalue weighted by atomic mass is 32.1. The Morgan fingerprint density at radius 1 is 1.38 bits per heavy atom. The Labute approximate surface area is 144 Å². The van der Waals surface area contributed by atoms with Crippen LogP contribution in [-0.2, 0) is 6.54 Å². The average molecular weight is 344 g/mol. The van der Waals surface area contributed by atoms with E-state index in [2.05, 4.69) is 34.4 Å². The van der Waals surface area contributed by atoms with Crippen LogP contribution in [0.2, 0.25) is 0 Å². The molecule has 0 saturated heterocycles. The molecule has 0 unspecified atom stereocenters. The number of amides is 1. The number of furan rings is 1. The lowest BCUT2D eigenvalue weighted by Gasteiger charge is -2.07. The minimum atomic E-state index is -0.0545. The first-order valence-electron chi connectivity index (χ1n) is 7.84. The summed E-state index contributed by atoms with van der Waals surface area (Å²) in [5, 5.41) is 7.12. The lowest BCUT2D eigenvalue weighted by atomic mass is 10.2. The topological polar surface area (TPSA) is 80.0 Å². The number of hydrogen-bond acceptors (Lipinski definition) is 6. The molecule has 0 aliphatic heterocycles. The molecular formula is C17H20N4O2S. The van der Waals surface area contributed by atoms with Crippen LogP contribution in [0.4, 0.5) is 5.82 Å². The highest BCUT2D eigenvalue weighted by Crippen LogP contribution is 2.33. The second-order valence-electron chi connectivity index (χ2n) is 6.00. The van der Waals surface area contributed by atoms with E-state index in [1.165, 1.54) is 17.7 Å². The van der Waals surface area contributed by atoms with Gasteiger partial charge in [0.1, 0.15) is 22.7 Å². The first-order chi connectivity index (χ1) is 11.6. The van der Waals surface area contributed by atoms with E-state index in [9.17, 15) is 4.79 Å². The molecule has 126 valence electrons. The van der Waals surface area contributed by atoms with Gasteiger partial charge >= 0.3 is 0 Å². The Kier molecular flexibility index (Phi) is 4.80. The van der Waals surface area contributed by atoms with Gasteiger partial charge in [0.2, 0.25) is 0 Å². The van der Waals surface area contributed by atoms with Gasteiger partial charge in [-0.05, 0) is 30.5 Å². The van der Waals surface area contributed by atoms with Gasteiger partial charge in [-0.2, -0.15) is 0 Å². The van der Waals surface area contributed by atoms with Crippen molar-refractivity contribution in [2.24, 2.45) is 5.92 Å². The summed E-state index contributed by atoms with van der Waals surface area (Å²) in [4.78, 5) is 22.5. The number of aryl methyl sites for hydroxylation is 1. The van der Waals surface area contributed by atoms with E-state index in [4.69, 9.17) is 4.42 Å². The largest absolute Gasteiger partial charge is 0.467 e. The summed E-state index contributed by atoms with van der Waals surface area (Å²) < 4.78 is 5.33. The van der Waals surface area contributed by atoms with Crippen molar-refractivity contribution < 1.29 is 9.21 Å². The van der Waals surface area contributed by atoms with Crippen LogP contribution in [0.1, 0.15) is 34.8 Å². The van der Waals surface area contributed by atoms with Gasteiger partial charge in [-0.1, -0.05) is 13.8 Å². The number of thiophene rings is 1. The first-order valence-corrected chi connectivity index (χ1v) is 8.66. The van der Waals surface area contributed by atoms with Crippen molar-refractivity contribution in [3.8, 4) is 0 Å². The van der Waals surface area contributed by atoms with E-state index >= 15 is 0 Å². The van der Waals surface area contributed by atoms with E-state index in [-0.39, 0.29) is 5.91 Å². The van der Waals surface area contributed by atoms with Crippen molar-refractivity contribution in [3.63, 3.8) is 0 Å². The van der Waals surface area contributed by atoms with Gasteiger partial charge in [-0.15, -0.1) is 11.3 Å². The Bertz CT molecular complexity index is 840. The van der Waals surface area contributed by atoms with E-state index in [1.54, 1.807) is 6.26 Å². The maximum absolute atomic E-state index is 12.4. The molecule has 0 aromatic carbocycles. The monoisotopic (exact) mass is 344 g/mol. The molecule has 0 aliphatic rings. The molecule has 0 saturated carbocycles. The lowest BCUT2D eigenvalue weighted by Crippen LogP contribution is -2.27. The zero-order chi connectivity index (χ0) is 17.1. The summed E-state index contributed by atoms with van der Waals surface area (Å²) in [6.07, 6.45) is 3.15. The quantitative estimate of drug-likeness (QED) is 0.714. The van der Waals surface area contributed by atoms with Crippen molar-refractivity contribution in [2.45, 2.75) is 27.3 Å². The fraction of sp³-hybridized carbons (Fsp3) is 0.353. The van der Waals surface area contributed by atoms with Crippen LogP contribution in [0, 0.1) is 12.8 Å². The molecule has 3 heterocycles. The third-order valence-corrected chi connectivity index (χ3v) is 4.81.